The molecule has 22 heavy (non-hydrogen) atoms. The average Bonchev–Trinajstić information content (AvgIpc) is 3.42. The molecule has 2 aromatic carbocycles. The molecule has 114 valence electrons. The van der Waals surface area contributed by atoms with E-state index in [1.54, 1.807) is 6.07 Å². The summed E-state index contributed by atoms with van der Waals surface area (Å²) in [6.45, 7) is 1.54. The van der Waals surface area contributed by atoms with Crippen molar-refractivity contribution < 1.29 is 19.3 Å². The average molecular weight is 298 g/mol. The predicted molar refractivity (Wildman–Crippen MR) is 81.5 cm³/mol. The van der Waals surface area contributed by atoms with E-state index < -0.39 is 0 Å². The Bertz CT molecular complexity index is 660. The Balaban J connectivity index is 1.68. The third-order valence-corrected chi connectivity index (χ3v) is 4.00. The predicted octanol–water partition coefficient (Wildman–Crippen LogP) is 3.07. The second-order valence-electron chi connectivity index (χ2n) is 5.77. The molecule has 0 aliphatic carbocycles. The Hall–Kier alpha value is -2.04. The number of phenols is 1. The van der Waals surface area contributed by atoms with Crippen molar-refractivity contribution in [3.63, 3.8) is 0 Å². The van der Waals surface area contributed by atoms with Crippen molar-refractivity contribution in [2.45, 2.75) is 25.0 Å². The quantitative estimate of drug-likeness (QED) is 0.833. The fourth-order valence-electron chi connectivity index (χ4n) is 2.65. The van der Waals surface area contributed by atoms with Gasteiger partial charge in [0.2, 0.25) is 0 Å². The third-order valence-electron chi connectivity index (χ3n) is 4.00. The summed E-state index contributed by atoms with van der Waals surface area (Å²) < 4.78 is 16.7. The van der Waals surface area contributed by atoms with Crippen LogP contribution in [0, 0.1) is 0 Å². The number of phenolic OH excluding ortho intramolecular Hbond substituents is 1. The highest BCUT2D eigenvalue weighted by Gasteiger charge is 2.30. The Kier molecular flexibility index (Phi) is 3.48. The first-order valence-electron chi connectivity index (χ1n) is 7.59. The van der Waals surface area contributed by atoms with Crippen molar-refractivity contribution in [3.8, 4) is 17.2 Å². The molecule has 0 amide bonds. The van der Waals surface area contributed by atoms with Gasteiger partial charge in [-0.2, -0.15) is 0 Å². The van der Waals surface area contributed by atoms with Gasteiger partial charge in [0, 0.05) is 24.0 Å². The minimum absolute atomic E-state index is 0.219. The first-order valence-corrected chi connectivity index (χ1v) is 7.59. The van der Waals surface area contributed by atoms with Crippen LogP contribution < -0.4 is 4.74 Å². The number of hydrogen-bond donors (Lipinski definition) is 1. The van der Waals surface area contributed by atoms with Crippen molar-refractivity contribution in [1.29, 1.82) is 0 Å². The van der Waals surface area contributed by atoms with Crippen LogP contribution in [-0.2, 0) is 22.3 Å². The van der Waals surface area contributed by atoms with Crippen LogP contribution in [0.25, 0.3) is 0 Å². The Labute approximate surface area is 129 Å². The summed E-state index contributed by atoms with van der Waals surface area (Å²) in [6.07, 6.45) is 1.94. The van der Waals surface area contributed by atoms with Crippen molar-refractivity contribution >= 4 is 0 Å². The molecule has 4 rings (SSSR count). The van der Waals surface area contributed by atoms with Gasteiger partial charge in [0.1, 0.15) is 17.2 Å². The molecule has 4 nitrogen and oxygen atoms in total. The van der Waals surface area contributed by atoms with Crippen LogP contribution in [0.2, 0.25) is 0 Å². The van der Waals surface area contributed by atoms with Crippen molar-refractivity contribution in [2.75, 3.05) is 13.2 Å². The molecule has 2 saturated heterocycles. The van der Waals surface area contributed by atoms with E-state index in [-0.39, 0.29) is 12.2 Å². The zero-order valence-electron chi connectivity index (χ0n) is 12.2. The molecule has 2 atom stereocenters. The van der Waals surface area contributed by atoms with E-state index in [0.717, 1.165) is 48.7 Å². The van der Waals surface area contributed by atoms with Crippen molar-refractivity contribution in [1.82, 2.24) is 0 Å². The molecule has 2 heterocycles. The Morgan fingerprint density at radius 2 is 1.55 bits per heavy atom. The zero-order chi connectivity index (χ0) is 14.9. The molecule has 0 aromatic heterocycles. The van der Waals surface area contributed by atoms with Crippen molar-refractivity contribution in [2.24, 2.45) is 0 Å². The van der Waals surface area contributed by atoms with Gasteiger partial charge in [-0.1, -0.05) is 18.2 Å². The monoisotopic (exact) mass is 298 g/mol. The van der Waals surface area contributed by atoms with Gasteiger partial charge in [0.15, 0.2) is 0 Å². The van der Waals surface area contributed by atoms with E-state index in [0.29, 0.717) is 5.75 Å². The van der Waals surface area contributed by atoms with E-state index in [9.17, 15) is 5.11 Å². The van der Waals surface area contributed by atoms with E-state index >= 15 is 0 Å². The highest BCUT2D eigenvalue weighted by Crippen LogP contribution is 2.37. The maximum absolute atomic E-state index is 10.2. The summed E-state index contributed by atoms with van der Waals surface area (Å²) in [7, 11) is 0. The van der Waals surface area contributed by atoms with Crippen molar-refractivity contribution in [3.05, 3.63) is 53.6 Å². The summed E-state index contributed by atoms with van der Waals surface area (Å²) in [6, 6.07) is 13.2. The second kappa shape index (κ2) is 5.63. The molecule has 0 spiro atoms. The van der Waals surface area contributed by atoms with Gasteiger partial charge in [0.25, 0.3) is 0 Å². The lowest BCUT2D eigenvalue weighted by Crippen LogP contribution is -2.05. The second-order valence-corrected chi connectivity index (χ2v) is 5.77. The van der Waals surface area contributed by atoms with Gasteiger partial charge in [-0.25, -0.2) is 0 Å². The summed E-state index contributed by atoms with van der Waals surface area (Å²) in [5, 5.41) is 10.2. The first-order chi connectivity index (χ1) is 10.8. The van der Waals surface area contributed by atoms with Crippen LogP contribution in [-0.4, -0.2) is 30.5 Å². The summed E-state index contributed by atoms with van der Waals surface area (Å²) in [4.78, 5) is 0. The molecule has 0 radical (unpaired) electrons. The van der Waals surface area contributed by atoms with E-state index in [2.05, 4.69) is 0 Å². The minimum atomic E-state index is 0.219. The fraction of sp³-hybridized carbons (Fsp3) is 0.333. The molecule has 2 aromatic rings. The Morgan fingerprint density at radius 1 is 0.909 bits per heavy atom. The molecule has 2 unspecified atom stereocenters. The van der Waals surface area contributed by atoms with Gasteiger partial charge in [-0.15, -0.1) is 0 Å². The lowest BCUT2D eigenvalue weighted by molar-refractivity contribution is 0.391. The van der Waals surface area contributed by atoms with Gasteiger partial charge in [-0.05, 0) is 24.3 Å². The number of rotatable bonds is 6. The molecule has 1 N–H and O–H groups in total. The topological polar surface area (TPSA) is 54.5 Å². The maximum Gasteiger partial charge on any atom is 0.131 e. The van der Waals surface area contributed by atoms with Gasteiger partial charge in [-0.3, -0.25) is 0 Å². The molecular weight excluding hydrogens is 280 g/mol. The Morgan fingerprint density at radius 3 is 2.18 bits per heavy atom. The van der Waals surface area contributed by atoms with Gasteiger partial charge < -0.3 is 19.3 Å². The maximum atomic E-state index is 10.2. The molecule has 0 saturated carbocycles. The fourth-order valence-corrected chi connectivity index (χ4v) is 2.65. The lowest BCUT2D eigenvalue weighted by atomic mass is 9.97. The molecule has 2 aliphatic rings. The van der Waals surface area contributed by atoms with Crippen LogP contribution in [0.5, 0.6) is 17.2 Å². The van der Waals surface area contributed by atoms with Crippen LogP contribution >= 0.6 is 0 Å². The van der Waals surface area contributed by atoms with Crippen LogP contribution in [0.1, 0.15) is 11.1 Å². The molecular formula is C18H18O4. The van der Waals surface area contributed by atoms with E-state index in [1.807, 2.05) is 36.4 Å². The minimum Gasteiger partial charge on any atom is -0.508 e. The number of aromatic hydroxyl groups is 1. The van der Waals surface area contributed by atoms with Crippen LogP contribution in [0.15, 0.2) is 42.5 Å². The van der Waals surface area contributed by atoms with E-state index in [1.165, 1.54) is 0 Å². The number of hydrogen-bond acceptors (Lipinski definition) is 4. The van der Waals surface area contributed by atoms with Crippen LogP contribution in [0.3, 0.4) is 0 Å². The number of benzene rings is 2. The summed E-state index contributed by atoms with van der Waals surface area (Å²) in [5.74, 6) is 1.89. The number of epoxide rings is 2. The van der Waals surface area contributed by atoms with Crippen LogP contribution in [0.4, 0.5) is 0 Å². The molecule has 4 heteroatoms. The lowest BCUT2D eigenvalue weighted by Gasteiger charge is -2.16. The van der Waals surface area contributed by atoms with E-state index in [4.69, 9.17) is 14.2 Å². The number of para-hydroxylation sites is 1. The third kappa shape index (κ3) is 3.08. The highest BCUT2D eigenvalue weighted by atomic mass is 16.6. The number of ether oxygens (including phenoxy) is 3. The summed E-state index contributed by atoms with van der Waals surface area (Å²) in [5.41, 5.74) is 1.95. The zero-order valence-corrected chi connectivity index (χ0v) is 12.2. The molecule has 2 fully saturated rings. The highest BCUT2D eigenvalue weighted by molar-refractivity contribution is 5.50. The van der Waals surface area contributed by atoms with Gasteiger partial charge >= 0.3 is 0 Å². The smallest absolute Gasteiger partial charge is 0.131 e. The summed E-state index contributed by atoms with van der Waals surface area (Å²) >= 11 is 0. The normalized spacial score (nSPS) is 22.4. The standard InChI is InChI=1S/C18H18O4/c19-17-6-7-18(22-12-4-2-1-3-5-12)16(9-14-11-21-14)15(17)8-13-10-20-13/h1-7,13-14,19H,8-11H2. The first kappa shape index (κ1) is 13.6. The SMILES string of the molecule is Oc1ccc(Oc2ccccc2)c(CC2CO2)c1CC1CO1. The molecule has 0 bridgehead atoms. The molecule has 2 aliphatic heterocycles. The largest absolute Gasteiger partial charge is 0.508 e. The van der Waals surface area contributed by atoms with Gasteiger partial charge in [0.05, 0.1) is 25.4 Å².